The molecule has 1 amide bonds. The number of carbonyl (C=O) groups excluding carboxylic acids is 1. The number of hydrogen-bond donors (Lipinski definition) is 2. The van der Waals surface area contributed by atoms with Crippen molar-refractivity contribution in [1.29, 1.82) is 0 Å². The van der Waals surface area contributed by atoms with Crippen LogP contribution in [0.4, 0.5) is 4.79 Å². The second-order valence-corrected chi connectivity index (χ2v) is 14.8. The number of likely N-dealkylation sites (N-methyl/N-ethyl adjacent to an activating group) is 1. The van der Waals surface area contributed by atoms with Crippen molar-refractivity contribution < 1.29 is 29.0 Å². The lowest BCUT2D eigenvalue weighted by atomic mass is 9.42. The van der Waals surface area contributed by atoms with E-state index in [4.69, 9.17) is 9.15 Å². The van der Waals surface area contributed by atoms with Crippen LogP contribution in [0.2, 0.25) is 0 Å². The van der Waals surface area contributed by atoms with Crippen LogP contribution >= 0.6 is 0 Å². The molecule has 4 aliphatic carbocycles. The van der Waals surface area contributed by atoms with Crippen LogP contribution in [0.15, 0.2) is 27.6 Å². The summed E-state index contributed by atoms with van der Waals surface area (Å²) < 4.78 is 11.1. The van der Waals surface area contributed by atoms with Crippen molar-refractivity contribution in [2.45, 2.75) is 102 Å². The summed E-state index contributed by atoms with van der Waals surface area (Å²) in [5, 5.41) is 22.8. The summed E-state index contributed by atoms with van der Waals surface area (Å²) in [5.74, 6) is 0.677. The minimum absolute atomic E-state index is 0.0297. The van der Waals surface area contributed by atoms with E-state index in [2.05, 4.69) is 25.8 Å². The fourth-order valence-electron chi connectivity index (χ4n) is 10.9. The van der Waals surface area contributed by atoms with Gasteiger partial charge in [0.05, 0.1) is 17.9 Å². The van der Waals surface area contributed by atoms with Crippen molar-refractivity contribution in [3.63, 3.8) is 0 Å². The Bertz CT molecular complexity index is 1250. The first-order chi connectivity index (χ1) is 19.9. The third kappa shape index (κ3) is 4.61. The predicted octanol–water partition coefficient (Wildman–Crippen LogP) is 4.72. The zero-order valence-corrected chi connectivity index (χ0v) is 25.6. The summed E-state index contributed by atoms with van der Waals surface area (Å²) >= 11 is 0. The third-order valence-corrected chi connectivity index (χ3v) is 12.9. The number of rotatable bonds is 3. The summed E-state index contributed by atoms with van der Waals surface area (Å²) in [4.78, 5) is 40.2. The van der Waals surface area contributed by atoms with Crippen LogP contribution in [0.25, 0.3) is 0 Å². The Kier molecular flexibility index (Phi) is 7.52. The number of nitrogens with zero attached hydrogens (tertiary/aromatic N) is 2. The molecule has 42 heavy (non-hydrogen) atoms. The highest BCUT2D eigenvalue weighted by Gasteiger charge is 2.70. The van der Waals surface area contributed by atoms with E-state index in [-0.39, 0.29) is 29.3 Å². The predicted molar refractivity (Wildman–Crippen MR) is 156 cm³/mol. The molecule has 1 saturated heterocycles. The molecule has 10 atom stereocenters. The number of aliphatic hydroxyl groups is 1. The van der Waals surface area contributed by atoms with Gasteiger partial charge < -0.3 is 29.2 Å². The fourth-order valence-corrected chi connectivity index (χ4v) is 10.9. The summed E-state index contributed by atoms with van der Waals surface area (Å²) in [5.41, 5.74) is -1.08. The van der Waals surface area contributed by atoms with Gasteiger partial charge in [0.1, 0.15) is 6.10 Å². The van der Waals surface area contributed by atoms with E-state index < -0.39 is 28.8 Å². The standard InChI is InChI=1S/C33H48N2O7/c1-20(36)42-27-17-33(40)25-8-7-23-16-21(26-18-34(4)14-5-15-35(26)30(38)39)10-12-31(23,2)24(25)11-13-32(33,3)29(27)22-6-9-28(37)41-19-22/h6,9,19,21,23-27,29,40H,5,7-8,10-18H2,1-4H3,(H,38,39)/t21-,23+,24-,25+,26?,27-,29-,31-,32+,33-/m0/s1. The molecule has 0 radical (unpaired) electrons. The summed E-state index contributed by atoms with van der Waals surface area (Å²) in [6, 6.07) is 3.21. The van der Waals surface area contributed by atoms with Gasteiger partial charge in [-0.05, 0) is 106 Å². The van der Waals surface area contributed by atoms with E-state index in [0.29, 0.717) is 30.7 Å². The molecule has 5 aliphatic rings. The molecule has 1 aromatic heterocycles. The molecule has 4 saturated carbocycles. The van der Waals surface area contributed by atoms with Crippen molar-refractivity contribution in [2.24, 2.45) is 34.5 Å². The second kappa shape index (κ2) is 10.7. The van der Waals surface area contributed by atoms with Crippen LogP contribution in [0.3, 0.4) is 0 Å². The Labute approximate surface area is 248 Å². The van der Waals surface area contributed by atoms with Gasteiger partial charge in [-0.2, -0.15) is 0 Å². The van der Waals surface area contributed by atoms with Gasteiger partial charge in [-0.25, -0.2) is 9.59 Å². The highest BCUT2D eigenvalue weighted by Crippen LogP contribution is 2.71. The molecule has 0 bridgehead atoms. The number of carbonyl (C=O) groups is 2. The van der Waals surface area contributed by atoms with Crippen LogP contribution < -0.4 is 5.63 Å². The van der Waals surface area contributed by atoms with E-state index in [1.807, 2.05) is 0 Å². The van der Waals surface area contributed by atoms with E-state index in [1.54, 1.807) is 11.0 Å². The number of amides is 1. The van der Waals surface area contributed by atoms with Gasteiger partial charge in [-0.15, -0.1) is 0 Å². The topological polar surface area (TPSA) is 121 Å². The Morgan fingerprint density at radius 1 is 1.07 bits per heavy atom. The molecule has 0 aromatic carbocycles. The van der Waals surface area contributed by atoms with Crippen LogP contribution in [0.5, 0.6) is 0 Å². The van der Waals surface area contributed by atoms with E-state index >= 15 is 0 Å². The second-order valence-electron chi connectivity index (χ2n) is 14.8. The minimum Gasteiger partial charge on any atom is -0.465 e. The van der Waals surface area contributed by atoms with Crippen molar-refractivity contribution in [2.75, 3.05) is 26.7 Å². The first-order valence-electron chi connectivity index (χ1n) is 16.0. The SMILES string of the molecule is CC(=O)O[C@H]1C[C@]2(O)[C@@H]3CC[C@@H]4C[C@@H](C5CN(C)CCCN5C(=O)O)CC[C@]4(C)[C@H]3CC[C@]2(C)[C@H]1c1ccc(=O)oc1. The average molecular weight is 585 g/mol. The molecule has 2 N–H and O–H groups in total. The third-order valence-electron chi connectivity index (χ3n) is 12.9. The van der Waals surface area contributed by atoms with Crippen molar-refractivity contribution >= 4 is 12.1 Å². The van der Waals surface area contributed by atoms with Crippen LogP contribution in [-0.2, 0) is 9.53 Å². The minimum atomic E-state index is -1.01. The number of hydrogen-bond acceptors (Lipinski definition) is 7. The average Bonchev–Trinajstić information content (AvgIpc) is 3.02. The molecule has 9 nitrogen and oxygen atoms in total. The quantitative estimate of drug-likeness (QED) is 0.490. The largest absolute Gasteiger partial charge is 0.465 e. The number of esters is 1. The Morgan fingerprint density at radius 2 is 1.86 bits per heavy atom. The molecule has 5 fully saturated rings. The number of fused-ring (bicyclic) bond motifs is 5. The maximum atomic E-state index is 12.8. The van der Waals surface area contributed by atoms with E-state index in [1.165, 1.54) is 19.3 Å². The lowest BCUT2D eigenvalue weighted by Crippen LogP contribution is -2.62. The van der Waals surface area contributed by atoms with Crippen molar-refractivity contribution in [1.82, 2.24) is 9.80 Å². The molecule has 2 heterocycles. The number of ether oxygens (including phenoxy) is 1. The van der Waals surface area contributed by atoms with E-state index in [9.17, 15) is 24.6 Å². The summed E-state index contributed by atoms with van der Waals surface area (Å²) in [6.07, 6.45) is 8.30. The number of carboxylic acid groups (broad SMARTS) is 1. The highest BCUT2D eigenvalue weighted by molar-refractivity contribution is 5.66. The molecule has 1 aliphatic heterocycles. The molecule has 1 aromatic rings. The summed E-state index contributed by atoms with van der Waals surface area (Å²) in [7, 11) is 2.11. The Morgan fingerprint density at radius 3 is 2.55 bits per heavy atom. The molecule has 1 unspecified atom stereocenters. The molecule has 232 valence electrons. The lowest BCUT2D eigenvalue weighted by molar-refractivity contribution is -0.204. The maximum absolute atomic E-state index is 12.8. The first kappa shape index (κ1) is 29.7. The molecule has 6 rings (SSSR count). The Hall–Kier alpha value is -2.39. The van der Waals surface area contributed by atoms with Crippen LogP contribution in [0.1, 0.15) is 90.0 Å². The molecular formula is C33H48N2O7. The summed E-state index contributed by atoms with van der Waals surface area (Å²) in [6.45, 7) is 8.34. The first-order valence-corrected chi connectivity index (χ1v) is 16.0. The van der Waals surface area contributed by atoms with Crippen LogP contribution in [-0.4, -0.2) is 76.5 Å². The van der Waals surface area contributed by atoms with Gasteiger partial charge in [-0.1, -0.05) is 13.8 Å². The fraction of sp³-hybridized carbons (Fsp3) is 0.788. The van der Waals surface area contributed by atoms with Crippen LogP contribution in [0, 0.1) is 34.5 Å². The smallest absolute Gasteiger partial charge is 0.407 e. The monoisotopic (exact) mass is 584 g/mol. The normalized spacial score (nSPS) is 43.9. The zero-order chi connectivity index (χ0) is 30.0. The van der Waals surface area contributed by atoms with Gasteiger partial charge >= 0.3 is 17.7 Å². The molecular weight excluding hydrogens is 536 g/mol. The van der Waals surface area contributed by atoms with Gasteiger partial charge in [-0.3, -0.25) is 4.79 Å². The zero-order valence-electron chi connectivity index (χ0n) is 25.6. The van der Waals surface area contributed by atoms with Crippen molar-refractivity contribution in [3.8, 4) is 0 Å². The van der Waals surface area contributed by atoms with Gasteiger partial charge in [0.2, 0.25) is 0 Å². The van der Waals surface area contributed by atoms with E-state index in [0.717, 1.165) is 70.0 Å². The van der Waals surface area contributed by atoms with Gasteiger partial charge in [0.25, 0.3) is 0 Å². The Balaban J connectivity index is 1.27. The molecule has 0 spiro atoms. The van der Waals surface area contributed by atoms with Gasteiger partial charge in [0.15, 0.2) is 0 Å². The molecule has 9 heteroatoms. The van der Waals surface area contributed by atoms with Gasteiger partial charge in [0, 0.05) is 43.8 Å². The lowest BCUT2D eigenvalue weighted by Gasteiger charge is -2.64. The highest BCUT2D eigenvalue weighted by atomic mass is 16.5. The van der Waals surface area contributed by atoms with Crippen molar-refractivity contribution in [3.05, 3.63) is 34.4 Å². The maximum Gasteiger partial charge on any atom is 0.407 e.